The number of benzene rings is 2. The van der Waals surface area contributed by atoms with Gasteiger partial charge in [-0.05, 0) is 30.7 Å². The van der Waals surface area contributed by atoms with E-state index in [1.807, 2.05) is 58.2 Å². The second-order valence-corrected chi connectivity index (χ2v) is 7.41. The summed E-state index contributed by atoms with van der Waals surface area (Å²) in [5, 5.41) is 8.77. The molecule has 28 heavy (non-hydrogen) atoms. The van der Waals surface area contributed by atoms with E-state index in [1.165, 1.54) is 0 Å². The summed E-state index contributed by atoms with van der Waals surface area (Å²) in [6.07, 6.45) is 2.83. The molecule has 0 radical (unpaired) electrons. The van der Waals surface area contributed by atoms with Crippen molar-refractivity contribution in [1.82, 2.24) is 20.0 Å². The zero-order chi connectivity index (χ0) is 19.3. The third-order valence-electron chi connectivity index (χ3n) is 4.92. The van der Waals surface area contributed by atoms with E-state index in [2.05, 4.69) is 17.4 Å². The van der Waals surface area contributed by atoms with Crippen LogP contribution in [0.2, 0.25) is 5.02 Å². The largest absolute Gasteiger partial charge is 0.337 e. The lowest BCUT2D eigenvalue weighted by molar-refractivity contribution is 0.0767. The second kappa shape index (κ2) is 8.59. The summed E-state index contributed by atoms with van der Waals surface area (Å²) < 4.78 is 1.85. The van der Waals surface area contributed by atoms with Gasteiger partial charge in [0, 0.05) is 36.4 Å². The van der Waals surface area contributed by atoms with Gasteiger partial charge in [0.2, 0.25) is 0 Å². The molecule has 1 aromatic heterocycles. The molecular formula is C22H23ClN4O. The van der Waals surface area contributed by atoms with Crippen molar-refractivity contribution >= 4 is 17.5 Å². The topological polar surface area (TPSA) is 50.2 Å². The number of carbonyl (C=O) groups is 1. The molecule has 5 nitrogen and oxygen atoms in total. The van der Waals surface area contributed by atoms with Gasteiger partial charge < -0.3 is 10.2 Å². The number of nitrogens with zero attached hydrogens (tertiary/aromatic N) is 3. The summed E-state index contributed by atoms with van der Waals surface area (Å²) in [4.78, 5) is 15.2. The Labute approximate surface area is 169 Å². The predicted molar refractivity (Wildman–Crippen MR) is 112 cm³/mol. The second-order valence-electron chi connectivity index (χ2n) is 6.98. The lowest BCUT2D eigenvalue weighted by atomic mass is 10.1. The first-order valence-corrected chi connectivity index (χ1v) is 9.96. The van der Waals surface area contributed by atoms with Crippen LogP contribution in [0.4, 0.5) is 0 Å². The zero-order valence-electron chi connectivity index (χ0n) is 15.6. The highest BCUT2D eigenvalue weighted by molar-refractivity contribution is 6.30. The highest BCUT2D eigenvalue weighted by Gasteiger charge is 2.23. The molecule has 0 saturated carbocycles. The van der Waals surface area contributed by atoms with E-state index in [0.29, 0.717) is 29.4 Å². The Balaban J connectivity index is 1.69. The van der Waals surface area contributed by atoms with E-state index >= 15 is 0 Å². The number of amides is 1. The Morgan fingerprint density at radius 3 is 2.61 bits per heavy atom. The van der Waals surface area contributed by atoms with Crippen molar-refractivity contribution in [1.29, 1.82) is 0 Å². The van der Waals surface area contributed by atoms with Gasteiger partial charge in [0.15, 0.2) is 0 Å². The standard InChI is InChI=1S/C22H23ClN4O/c23-19-9-7-18(8-10-19)21-20(22(28)26-13-4-11-24-12-14-26)16-27(25-21)15-17-5-2-1-3-6-17/h1-3,5-10,16,24H,4,11-15H2. The number of hydrogen-bond acceptors (Lipinski definition) is 3. The molecule has 1 saturated heterocycles. The van der Waals surface area contributed by atoms with Crippen molar-refractivity contribution in [3.63, 3.8) is 0 Å². The van der Waals surface area contributed by atoms with Crippen LogP contribution in [0, 0.1) is 0 Å². The maximum Gasteiger partial charge on any atom is 0.257 e. The van der Waals surface area contributed by atoms with Gasteiger partial charge in [-0.1, -0.05) is 54.1 Å². The van der Waals surface area contributed by atoms with Gasteiger partial charge >= 0.3 is 0 Å². The lowest BCUT2D eigenvalue weighted by Crippen LogP contribution is -2.34. The van der Waals surface area contributed by atoms with Gasteiger partial charge in [0.25, 0.3) is 5.91 Å². The Bertz CT molecular complexity index is 929. The van der Waals surface area contributed by atoms with Crippen LogP contribution in [0.1, 0.15) is 22.3 Å². The molecule has 144 valence electrons. The molecule has 6 heteroatoms. The molecule has 2 heterocycles. The molecule has 0 atom stereocenters. The fourth-order valence-electron chi connectivity index (χ4n) is 3.47. The number of nitrogens with one attached hydrogen (secondary N) is 1. The Morgan fingerprint density at radius 1 is 1.04 bits per heavy atom. The quantitative estimate of drug-likeness (QED) is 0.734. The first-order chi connectivity index (χ1) is 13.7. The van der Waals surface area contributed by atoms with E-state index in [-0.39, 0.29) is 5.91 Å². The van der Waals surface area contributed by atoms with Gasteiger partial charge in [-0.15, -0.1) is 0 Å². The Hall–Kier alpha value is -2.63. The summed E-state index contributed by atoms with van der Waals surface area (Å²) >= 11 is 6.05. The monoisotopic (exact) mass is 394 g/mol. The lowest BCUT2D eigenvalue weighted by Gasteiger charge is -2.19. The van der Waals surface area contributed by atoms with E-state index in [1.54, 1.807) is 0 Å². The van der Waals surface area contributed by atoms with E-state index < -0.39 is 0 Å². The van der Waals surface area contributed by atoms with E-state index in [9.17, 15) is 4.79 Å². The molecule has 0 aliphatic carbocycles. The van der Waals surface area contributed by atoms with Crippen LogP contribution >= 0.6 is 11.6 Å². The highest BCUT2D eigenvalue weighted by Crippen LogP contribution is 2.25. The van der Waals surface area contributed by atoms with Crippen molar-refractivity contribution in [2.75, 3.05) is 26.2 Å². The predicted octanol–water partition coefficient (Wildman–Crippen LogP) is 3.69. The summed E-state index contributed by atoms with van der Waals surface area (Å²) in [7, 11) is 0. The average molecular weight is 395 g/mol. The molecule has 3 aromatic rings. The SMILES string of the molecule is O=C(c1cn(Cc2ccccc2)nc1-c1ccc(Cl)cc1)N1CCCNCC1. The number of aromatic nitrogens is 2. The van der Waals surface area contributed by atoms with Gasteiger partial charge in [-0.2, -0.15) is 5.10 Å². The smallest absolute Gasteiger partial charge is 0.257 e. The molecule has 0 unspecified atom stereocenters. The third-order valence-corrected chi connectivity index (χ3v) is 5.18. The molecular weight excluding hydrogens is 372 g/mol. The number of carbonyl (C=O) groups excluding carboxylic acids is 1. The normalized spacial score (nSPS) is 14.7. The minimum Gasteiger partial charge on any atom is -0.337 e. The van der Waals surface area contributed by atoms with Crippen LogP contribution in [0.25, 0.3) is 11.3 Å². The molecule has 0 bridgehead atoms. The van der Waals surface area contributed by atoms with E-state index in [4.69, 9.17) is 16.7 Å². The van der Waals surface area contributed by atoms with Gasteiger partial charge in [-0.3, -0.25) is 9.48 Å². The Kier molecular flexibility index (Phi) is 5.74. The van der Waals surface area contributed by atoms with Crippen LogP contribution in [0.3, 0.4) is 0 Å². The van der Waals surface area contributed by atoms with Crippen molar-refractivity contribution in [3.8, 4) is 11.3 Å². The first kappa shape index (κ1) is 18.7. The molecule has 2 aromatic carbocycles. The van der Waals surface area contributed by atoms with Crippen LogP contribution in [-0.2, 0) is 6.54 Å². The van der Waals surface area contributed by atoms with Crippen LogP contribution < -0.4 is 5.32 Å². The average Bonchev–Trinajstić information content (AvgIpc) is 2.94. The summed E-state index contributed by atoms with van der Waals surface area (Å²) in [5.74, 6) is 0.0351. The Morgan fingerprint density at radius 2 is 1.82 bits per heavy atom. The summed E-state index contributed by atoms with van der Waals surface area (Å²) in [6, 6.07) is 17.6. The van der Waals surface area contributed by atoms with Crippen molar-refractivity contribution in [3.05, 3.63) is 76.9 Å². The van der Waals surface area contributed by atoms with Crippen LogP contribution in [0.5, 0.6) is 0 Å². The summed E-state index contributed by atoms with van der Waals surface area (Å²) in [6.45, 7) is 3.86. The molecule has 1 fully saturated rings. The van der Waals surface area contributed by atoms with Crippen molar-refractivity contribution < 1.29 is 4.79 Å². The zero-order valence-corrected chi connectivity index (χ0v) is 16.4. The van der Waals surface area contributed by atoms with Crippen molar-refractivity contribution in [2.24, 2.45) is 0 Å². The summed E-state index contributed by atoms with van der Waals surface area (Å²) in [5.41, 5.74) is 3.38. The molecule has 1 aliphatic heterocycles. The fourth-order valence-corrected chi connectivity index (χ4v) is 3.60. The van der Waals surface area contributed by atoms with Crippen molar-refractivity contribution in [2.45, 2.75) is 13.0 Å². The molecule has 0 spiro atoms. The van der Waals surface area contributed by atoms with Crippen LogP contribution in [-0.4, -0.2) is 46.8 Å². The number of hydrogen-bond donors (Lipinski definition) is 1. The number of halogens is 1. The maximum atomic E-state index is 13.3. The molecule has 4 rings (SSSR count). The maximum absolute atomic E-state index is 13.3. The van der Waals surface area contributed by atoms with Gasteiger partial charge in [0.1, 0.15) is 5.69 Å². The minimum atomic E-state index is 0.0351. The van der Waals surface area contributed by atoms with E-state index in [0.717, 1.165) is 37.2 Å². The first-order valence-electron chi connectivity index (χ1n) is 9.58. The molecule has 1 aliphatic rings. The third kappa shape index (κ3) is 4.26. The fraction of sp³-hybridized carbons (Fsp3) is 0.273. The minimum absolute atomic E-state index is 0.0351. The van der Waals surface area contributed by atoms with Crippen LogP contribution in [0.15, 0.2) is 60.8 Å². The van der Waals surface area contributed by atoms with Gasteiger partial charge in [-0.25, -0.2) is 0 Å². The van der Waals surface area contributed by atoms with Gasteiger partial charge in [0.05, 0.1) is 12.1 Å². The number of rotatable bonds is 4. The highest BCUT2D eigenvalue weighted by atomic mass is 35.5. The molecule has 1 amide bonds. The molecule has 1 N–H and O–H groups in total.